The molecule has 1 fully saturated rings. The number of nitrogens with one attached hydrogen (secondary N) is 1. The highest BCUT2D eigenvalue weighted by molar-refractivity contribution is 7.33. The van der Waals surface area contributed by atoms with Gasteiger partial charge in [0.25, 0.3) is 0 Å². The van der Waals surface area contributed by atoms with Gasteiger partial charge in [0.05, 0.1) is 19.3 Å². The van der Waals surface area contributed by atoms with Crippen LogP contribution in [0.5, 0.6) is 5.75 Å². The van der Waals surface area contributed by atoms with E-state index in [1.807, 2.05) is 0 Å². The highest BCUT2D eigenvalue weighted by atomic mass is 31.1. The first-order valence-electron chi connectivity index (χ1n) is 10.4. The monoisotopic (exact) mass is 501 g/mol. The van der Waals surface area contributed by atoms with E-state index in [-0.39, 0.29) is 26.3 Å². The Morgan fingerprint density at radius 2 is 2.06 bits per heavy atom. The Hall–Kier alpha value is -2.79. The van der Waals surface area contributed by atoms with Crippen LogP contribution in [0.4, 0.5) is 4.39 Å². The molecular formula is C21H29FN3O8P. The SMILES string of the molecule is CNCC(=O)OCN(C)C(=O)/C=C\N(C=O)C1OC(CO[PH](=O)Oc2ccccc2)C[C@@]1(C)F. The molecule has 1 aromatic carbocycles. The molecule has 2 amide bonds. The van der Waals surface area contributed by atoms with Crippen molar-refractivity contribution in [3.05, 3.63) is 42.6 Å². The van der Waals surface area contributed by atoms with Crippen LogP contribution < -0.4 is 9.84 Å². The average Bonchev–Trinajstić information content (AvgIpc) is 3.11. The second kappa shape index (κ2) is 13.2. The Morgan fingerprint density at radius 1 is 1.35 bits per heavy atom. The van der Waals surface area contributed by atoms with E-state index in [1.54, 1.807) is 37.4 Å². The molecule has 11 nitrogen and oxygen atoms in total. The first-order chi connectivity index (χ1) is 16.2. The second-order valence-corrected chi connectivity index (χ2v) is 8.64. The van der Waals surface area contributed by atoms with Gasteiger partial charge in [-0.2, -0.15) is 0 Å². The lowest BCUT2D eigenvalue weighted by molar-refractivity contribution is -0.149. The fourth-order valence-electron chi connectivity index (χ4n) is 3.05. The predicted octanol–water partition coefficient (Wildman–Crippen LogP) is 1.47. The average molecular weight is 501 g/mol. The van der Waals surface area contributed by atoms with Gasteiger partial charge >= 0.3 is 14.2 Å². The molecule has 1 N–H and O–H groups in total. The molecule has 1 aromatic rings. The fraction of sp³-hybridized carbons (Fsp3) is 0.476. The van der Waals surface area contributed by atoms with Crippen LogP contribution in [0.2, 0.25) is 0 Å². The van der Waals surface area contributed by atoms with Crippen molar-refractivity contribution in [2.45, 2.75) is 31.3 Å². The van der Waals surface area contributed by atoms with E-state index in [0.29, 0.717) is 12.2 Å². The maximum absolute atomic E-state index is 15.1. The number of nitrogens with zero attached hydrogens (tertiary/aromatic N) is 2. The van der Waals surface area contributed by atoms with Crippen molar-refractivity contribution in [2.24, 2.45) is 0 Å². The summed E-state index contributed by atoms with van der Waals surface area (Å²) in [6.07, 6.45) is 0.160. The standard InChI is InChI=1S/C21H29FN3O8P/c1-21(22)11-17(13-31-34(29)33-16-7-5-4-6-8-16)32-20(21)25(14-26)10-9-18(27)24(3)15-30-19(28)12-23-2/h4-10,14,17,20,23,34H,11-13,15H2,1-3H3/b10-9-/t17?,20?,21-/m1/s1. The van der Waals surface area contributed by atoms with E-state index in [1.165, 1.54) is 14.0 Å². The molecule has 1 aliphatic heterocycles. The molecule has 1 aliphatic rings. The number of amides is 2. The van der Waals surface area contributed by atoms with Crippen molar-refractivity contribution in [1.82, 2.24) is 15.1 Å². The van der Waals surface area contributed by atoms with Crippen LogP contribution in [-0.4, -0.2) is 80.1 Å². The predicted molar refractivity (Wildman–Crippen MR) is 120 cm³/mol. The highest BCUT2D eigenvalue weighted by Gasteiger charge is 2.48. The quantitative estimate of drug-likeness (QED) is 0.141. The summed E-state index contributed by atoms with van der Waals surface area (Å²) in [4.78, 5) is 37.1. The van der Waals surface area contributed by atoms with Crippen molar-refractivity contribution in [3.63, 3.8) is 0 Å². The number of halogens is 1. The number of esters is 1. The van der Waals surface area contributed by atoms with Gasteiger partial charge in [-0.25, -0.2) is 8.96 Å². The molecule has 34 heavy (non-hydrogen) atoms. The van der Waals surface area contributed by atoms with E-state index in [2.05, 4.69) is 5.32 Å². The normalized spacial score (nSPS) is 22.8. The number of likely N-dealkylation sites (N-methyl/N-ethyl adjacent to an activating group) is 2. The lowest BCUT2D eigenvalue weighted by Crippen LogP contribution is -2.42. The van der Waals surface area contributed by atoms with Gasteiger partial charge in [0.15, 0.2) is 18.6 Å². The summed E-state index contributed by atoms with van der Waals surface area (Å²) in [6, 6.07) is 8.44. The van der Waals surface area contributed by atoms with Gasteiger partial charge in [-0.05, 0) is 26.1 Å². The van der Waals surface area contributed by atoms with Gasteiger partial charge in [0.2, 0.25) is 12.3 Å². The molecule has 2 rings (SSSR count). The zero-order valence-electron chi connectivity index (χ0n) is 19.1. The number of alkyl halides is 1. The molecule has 0 bridgehead atoms. The fourth-order valence-corrected chi connectivity index (χ4v) is 3.76. The largest absolute Gasteiger partial charge is 0.443 e. The third-order valence-electron chi connectivity index (χ3n) is 4.69. The van der Waals surface area contributed by atoms with Crippen molar-refractivity contribution in [3.8, 4) is 5.75 Å². The van der Waals surface area contributed by atoms with Gasteiger partial charge in [0, 0.05) is 25.7 Å². The molecule has 4 atom stereocenters. The highest BCUT2D eigenvalue weighted by Crippen LogP contribution is 2.37. The maximum atomic E-state index is 15.1. The maximum Gasteiger partial charge on any atom is 0.367 e. The molecule has 0 aromatic heterocycles. The van der Waals surface area contributed by atoms with Crippen molar-refractivity contribution < 1.29 is 41.9 Å². The minimum Gasteiger partial charge on any atom is -0.443 e. The van der Waals surface area contributed by atoms with Crippen LogP contribution >= 0.6 is 8.25 Å². The third-order valence-corrected chi connectivity index (χ3v) is 5.50. The smallest absolute Gasteiger partial charge is 0.367 e. The number of ether oxygens (including phenoxy) is 2. The summed E-state index contributed by atoms with van der Waals surface area (Å²) >= 11 is 0. The molecule has 0 radical (unpaired) electrons. The molecule has 0 saturated carbocycles. The van der Waals surface area contributed by atoms with Crippen LogP contribution in [-0.2, 0) is 32.9 Å². The van der Waals surface area contributed by atoms with Gasteiger partial charge < -0.3 is 24.2 Å². The van der Waals surface area contributed by atoms with Gasteiger partial charge in [-0.3, -0.25) is 23.8 Å². The van der Waals surface area contributed by atoms with E-state index < -0.39 is 38.1 Å². The lowest BCUT2D eigenvalue weighted by atomic mass is 10.0. The third kappa shape index (κ3) is 8.53. The topological polar surface area (TPSA) is 124 Å². The van der Waals surface area contributed by atoms with Crippen LogP contribution in [0.1, 0.15) is 13.3 Å². The zero-order chi connectivity index (χ0) is 25.1. The van der Waals surface area contributed by atoms with Crippen LogP contribution in [0.3, 0.4) is 0 Å². The van der Waals surface area contributed by atoms with E-state index in [0.717, 1.165) is 22.1 Å². The summed E-state index contributed by atoms with van der Waals surface area (Å²) < 4.78 is 48.0. The molecule has 1 heterocycles. The molecule has 13 heteroatoms. The van der Waals surface area contributed by atoms with E-state index in [9.17, 15) is 18.9 Å². The number of carbonyl (C=O) groups excluding carboxylic acids is 3. The van der Waals surface area contributed by atoms with Gasteiger partial charge in [0.1, 0.15) is 5.75 Å². The van der Waals surface area contributed by atoms with Crippen LogP contribution in [0, 0.1) is 0 Å². The molecular weight excluding hydrogens is 472 g/mol. The Labute approximate surface area is 197 Å². The lowest BCUT2D eigenvalue weighted by Gasteiger charge is -2.28. The number of hydrogen-bond donors (Lipinski definition) is 1. The minimum absolute atomic E-state index is 0.0108. The number of hydrogen-bond acceptors (Lipinski definition) is 9. The number of para-hydroxylation sites is 1. The number of benzene rings is 1. The van der Waals surface area contributed by atoms with Gasteiger partial charge in [-0.1, -0.05) is 18.2 Å². The van der Waals surface area contributed by atoms with Crippen LogP contribution in [0.25, 0.3) is 0 Å². The molecule has 0 spiro atoms. The van der Waals surface area contributed by atoms with E-state index in [4.69, 9.17) is 18.5 Å². The molecule has 0 aliphatic carbocycles. The van der Waals surface area contributed by atoms with E-state index >= 15 is 4.39 Å². The van der Waals surface area contributed by atoms with Crippen molar-refractivity contribution in [2.75, 3.05) is 34.0 Å². The summed E-state index contributed by atoms with van der Waals surface area (Å²) in [7, 11) is 0.0737. The van der Waals surface area contributed by atoms with Gasteiger partial charge in [-0.15, -0.1) is 0 Å². The number of carbonyl (C=O) groups is 3. The Balaban J connectivity index is 1.88. The first kappa shape index (κ1) is 27.5. The molecule has 188 valence electrons. The summed E-state index contributed by atoms with van der Waals surface area (Å²) in [5, 5.41) is 2.62. The number of rotatable bonds is 13. The minimum atomic E-state index is -2.89. The van der Waals surface area contributed by atoms with Crippen LogP contribution in [0.15, 0.2) is 42.6 Å². The summed E-state index contributed by atoms with van der Waals surface area (Å²) in [5.41, 5.74) is -1.97. The Bertz CT molecular complexity index is 886. The van der Waals surface area contributed by atoms with Crippen molar-refractivity contribution in [1.29, 1.82) is 0 Å². The molecule has 1 saturated heterocycles. The summed E-state index contributed by atoms with van der Waals surface area (Å²) in [5.74, 6) is -0.756. The molecule has 3 unspecified atom stereocenters. The Kier molecular flexibility index (Phi) is 10.6. The van der Waals surface area contributed by atoms with Crippen molar-refractivity contribution >= 4 is 26.5 Å². The first-order valence-corrected chi connectivity index (χ1v) is 11.6. The summed E-state index contributed by atoms with van der Waals surface area (Å²) in [6.45, 7) is 0.732. The zero-order valence-corrected chi connectivity index (χ0v) is 20.1. The second-order valence-electron chi connectivity index (χ2n) is 7.65. The Morgan fingerprint density at radius 3 is 2.71 bits per heavy atom.